The number of rotatable bonds is 5. The fraction of sp³-hybridized carbons (Fsp3) is 0.538. The molecule has 2 rings (SSSR count). The summed E-state index contributed by atoms with van der Waals surface area (Å²) in [5, 5.41) is 15.0. The smallest absolute Gasteiger partial charge is 0.272 e. The molecule has 1 unspecified atom stereocenters. The molecule has 1 heterocycles. The van der Waals surface area contributed by atoms with Crippen molar-refractivity contribution in [3.05, 3.63) is 39.4 Å². The molecule has 1 atom stereocenters. The van der Waals surface area contributed by atoms with Crippen molar-refractivity contribution in [1.29, 1.82) is 0 Å². The lowest BCUT2D eigenvalue weighted by molar-refractivity contribution is -0.385. The fourth-order valence-electron chi connectivity index (χ4n) is 2.08. The number of nitro groups is 1. The normalized spacial score (nSPS) is 19.3. The van der Waals surface area contributed by atoms with E-state index in [1.165, 1.54) is 17.3 Å². The van der Waals surface area contributed by atoms with E-state index in [0.29, 0.717) is 11.8 Å². The topological polar surface area (TPSA) is 55.2 Å². The maximum atomic E-state index is 10.9. The highest BCUT2D eigenvalue weighted by atomic mass is 32.2. The van der Waals surface area contributed by atoms with Gasteiger partial charge >= 0.3 is 0 Å². The van der Waals surface area contributed by atoms with E-state index < -0.39 is 0 Å². The molecule has 1 aromatic carbocycles. The lowest BCUT2D eigenvalue weighted by Gasteiger charge is -2.21. The van der Waals surface area contributed by atoms with Crippen LogP contribution < -0.4 is 5.32 Å². The van der Waals surface area contributed by atoms with Gasteiger partial charge < -0.3 is 5.32 Å². The highest BCUT2D eigenvalue weighted by Crippen LogP contribution is 2.24. The molecule has 1 N–H and O–H groups in total. The number of benzene rings is 1. The molecule has 0 aliphatic carbocycles. The van der Waals surface area contributed by atoms with Gasteiger partial charge in [0.2, 0.25) is 0 Å². The Morgan fingerprint density at radius 1 is 1.47 bits per heavy atom. The second-order valence-corrected chi connectivity index (χ2v) is 7.08. The van der Waals surface area contributed by atoms with Gasteiger partial charge in [-0.1, -0.05) is 12.1 Å². The van der Waals surface area contributed by atoms with Crippen LogP contribution in [0.25, 0.3) is 0 Å². The first kappa shape index (κ1) is 14.7. The summed E-state index contributed by atoms with van der Waals surface area (Å²) in [6, 6.07) is 5.28. The molecule has 0 amide bonds. The van der Waals surface area contributed by atoms with Crippen LogP contribution in [0.3, 0.4) is 0 Å². The minimum Gasteiger partial charge on any atom is -0.312 e. The van der Waals surface area contributed by atoms with E-state index in [0.717, 1.165) is 17.7 Å². The molecule has 0 aromatic heterocycles. The molecule has 0 spiro atoms. The minimum atomic E-state index is -0.313. The summed E-state index contributed by atoms with van der Waals surface area (Å²) < 4.78 is 0. The summed E-state index contributed by atoms with van der Waals surface area (Å²) in [6.07, 6.45) is 0. The van der Waals surface area contributed by atoms with E-state index in [1.807, 2.05) is 36.5 Å². The SMILES string of the molecule is Cc1c(CNCC2CSCCS2)cccc1[N+](=O)[O-]. The number of hydrogen-bond donors (Lipinski definition) is 1. The van der Waals surface area contributed by atoms with Gasteiger partial charge in [-0.15, -0.1) is 0 Å². The van der Waals surface area contributed by atoms with Crippen LogP contribution in [0.5, 0.6) is 0 Å². The Labute approximate surface area is 121 Å². The number of hydrogen-bond acceptors (Lipinski definition) is 5. The predicted octanol–water partition coefficient (Wildman–Crippen LogP) is 2.84. The maximum absolute atomic E-state index is 10.9. The lowest BCUT2D eigenvalue weighted by atomic mass is 10.1. The van der Waals surface area contributed by atoms with Crippen LogP contribution in [0.15, 0.2) is 18.2 Å². The van der Waals surface area contributed by atoms with Crippen LogP contribution in [0, 0.1) is 17.0 Å². The van der Waals surface area contributed by atoms with Crippen LogP contribution >= 0.6 is 23.5 Å². The summed E-state index contributed by atoms with van der Waals surface area (Å²) in [6.45, 7) is 3.50. The Bertz CT molecular complexity index is 448. The number of nitrogens with zero attached hydrogens (tertiary/aromatic N) is 1. The molecule has 0 radical (unpaired) electrons. The zero-order valence-electron chi connectivity index (χ0n) is 10.9. The van der Waals surface area contributed by atoms with Gasteiger partial charge in [-0.3, -0.25) is 10.1 Å². The van der Waals surface area contributed by atoms with Crippen LogP contribution in [0.4, 0.5) is 5.69 Å². The van der Waals surface area contributed by atoms with E-state index >= 15 is 0 Å². The standard InChI is InChI=1S/C13H18N2O2S2/c1-10-11(3-2-4-13(10)15(16)17)7-14-8-12-9-18-5-6-19-12/h2-4,12,14H,5-9H2,1H3. The number of nitro benzene ring substituents is 1. The van der Waals surface area contributed by atoms with E-state index in [-0.39, 0.29) is 10.6 Å². The fourth-order valence-corrected chi connectivity index (χ4v) is 4.73. The summed E-state index contributed by atoms with van der Waals surface area (Å²) in [5.41, 5.74) is 2.00. The molecule has 0 bridgehead atoms. The average molecular weight is 298 g/mol. The zero-order valence-corrected chi connectivity index (χ0v) is 12.6. The van der Waals surface area contributed by atoms with Crippen molar-refractivity contribution >= 4 is 29.2 Å². The van der Waals surface area contributed by atoms with Crippen molar-refractivity contribution in [1.82, 2.24) is 5.32 Å². The second kappa shape index (κ2) is 7.17. The molecule has 4 nitrogen and oxygen atoms in total. The minimum absolute atomic E-state index is 0.210. The van der Waals surface area contributed by atoms with Crippen LogP contribution in [0.1, 0.15) is 11.1 Å². The summed E-state index contributed by atoms with van der Waals surface area (Å²) in [5.74, 6) is 3.68. The number of nitrogens with one attached hydrogen (secondary N) is 1. The first-order chi connectivity index (χ1) is 9.18. The van der Waals surface area contributed by atoms with E-state index in [1.54, 1.807) is 12.1 Å². The molecule has 1 aliphatic heterocycles. The third-order valence-electron chi connectivity index (χ3n) is 3.19. The zero-order chi connectivity index (χ0) is 13.7. The van der Waals surface area contributed by atoms with Gasteiger partial charge in [-0.25, -0.2) is 0 Å². The summed E-state index contributed by atoms with van der Waals surface area (Å²) in [7, 11) is 0. The van der Waals surface area contributed by atoms with Gasteiger partial charge in [0, 0.05) is 47.2 Å². The van der Waals surface area contributed by atoms with Crippen LogP contribution in [0.2, 0.25) is 0 Å². The Balaban J connectivity index is 1.88. The Kier molecular flexibility index (Phi) is 5.54. The molecule has 6 heteroatoms. The quantitative estimate of drug-likeness (QED) is 0.669. The molecular formula is C13H18N2O2S2. The lowest BCUT2D eigenvalue weighted by Crippen LogP contribution is -2.28. The summed E-state index contributed by atoms with van der Waals surface area (Å²) in [4.78, 5) is 10.6. The number of thioether (sulfide) groups is 2. The Morgan fingerprint density at radius 2 is 2.32 bits per heavy atom. The van der Waals surface area contributed by atoms with Crippen molar-refractivity contribution in [3.8, 4) is 0 Å². The monoisotopic (exact) mass is 298 g/mol. The molecule has 1 saturated heterocycles. The molecule has 1 fully saturated rings. The van der Waals surface area contributed by atoms with Gasteiger partial charge in [0.15, 0.2) is 0 Å². The van der Waals surface area contributed by atoms with Crippen molar-refractivity contribution in [2.24, 2.45) is 0 Å². The molecule has 1 aliphatic rings. The molecule has 1 aromatic rings. The molecule has 19 heavy (non-hydrogen) atoms. The Hall–Kier alpha value is -0.720. The van der Waals surface area contributed by atoms with Gasteiger partial charge in [0.1, 0.15) is 0 Å². The van der Waals surface area contributed by atoms with Gasteiger partial charge in [0.25, 0.3) is 5.69 Å². The molecule has 0 saturated carbocycles. The van der Waals surface area contributed by atoms with E-state index in [2.05, 4.69) is 5.32 Å². The van der Waals surface area contributed by atoms with Gasteiger partial charge in [0.05, 0.1) is 4.92 Å². The average Bonchev–Trinajstić information content (AvgIpc) is 2.41. The molecule has 104 valence electrons. The third-order valence-corrected chi connectivity index (χ3v) is 6.03. The van der Waals surface area contributed by atoms with E-state index in [4.69, 9.17) is 0 Å². The summed E-state index contributed by atoms with van der Waals surface area (Å²) >= 11 is 4.03. The van der Waals surface area contributed by atoms with Crippen molar-refractivity contribution in [2.75, 3.05) is 23.8 Å². The highest BCUT2D eigenvalue weighted by Gasteiger charge is 2.15. The van der Waals surface area contributed by atoms with E-state index in [9.17, 15) is 10.1 Å². The first-order valence-corrected chi connectivity index (χ1v) is 8.52. The van der Waals surface area contributed by atoms with Crippen LogP contribution in [-0.2, 0) is 6.54 Å². The van der Waals surface area contributed by atoms with Crippen molar-refractivity contribution in [3.63, 3.8) is 0 Å². The molecular weight excluding hydrogens is 280 g/mol. The Morgan fingerprint density at radius 3 is 3.00 bits per heavy atom. The van der Waals surface area contributed by atoms with Gasteiger partial charge in [-0.05, 0) is 12.5 Å². The third kappa shape index (κ3) is 4.12. The largest absolute Gasteiger partial charge is 0.312 e. The predicted molar refractivity (Wildman–Crippen MR) is 83.1 cm³/mol. The highest BCUT2D eigenvalue weighted by molar-refractivity contribution is 8.06. The van der Waals surface area contributed by atoms with Crippen molar-refractivity contribution in [2.45, 2.75) is 18.7 Å². The van der Waals surface area contributed by atoms with Crippen LogP contribution in [-0.4, -0.2) is 34.0 Å². The second-order valence-electron chi connectivity index (χ2n) is 4.52. The first-order valence-electron chi connectivity index (χ1n) is 6.31. The van der Waals surface area contributed by atoms with Gasteiger partial charge in [-0.2, -0.15) is 23.5 Å². The van der Waals surface area contributed by atoms with Crippen molar-refractivity contribution < 1.29 is 4.92 Å². The maximum Gasteiger partial charge on any atom is 0.272 e.